The molecule has 0 aliphatic carbocycles. The van der Waals surface area contributed by atoms with E-state index >= 15 is 0 Å². The molecule has 3 rings (SSSR count). The Morgan fingerprint density at radius 3 is 2.40 bits per heavy atom. The van der Waals surface area contributed by atoms with Gasteiger partial charge >= 0.3 is 0 Å². The van der Waals surface area contributed by atoms with Crippen LogP contribution in [0, 0.1) is 6.92 Å². The highest BCUT2D eigenvalue weighted by Gasteiger charge is 2.14. The van der Waals surface area contributed by atoms with Crippen molar-refractivity contribution in [3.8, 4) is 17.3 Å². The molecule has 0 aliphatic rings. The summed E-state index contributed by atoms with van der Waals surface area (Å²) >= 11 is 0. The second kappa shape index (κ2) is 4.80. The molecular weight excluding hydrogens is 256 g/mol. The maximum atomic E-state index is 5.22. The number of aryl methyl sites for hydroxylation is 1. The van der Waals surface area contributed by atoms with Gasteiger partial charge in [0.25, 0.3) is 0 Å². The Hall–Kier alpha value is -2.63. The molecule has 102 valence electrons. The van der Waals surface area contributed by atoms with Gasteiger partial charge in [-0.3, -0.25) is 4.57 Å². The summed E-state index contributed by atoms with van der Waals surface area (Å²) < 4.78 is 12.3. The van der Waals surface area contributed by atoms with Gasteiger partial charge in [0.2, 0.25) is 5.88 Å². The topological polar surface area (TPSA) is 62.1 Å². The van der Waals surface area contributed by atoms with Gasteiger partial charge in [-0.25, -0.2) is 9.97 Å². The van der Waals surface area contributed by atoms with Gasteiger partial charge in [-0.1, -0.05) is 0 Å². The first kappa shape index (κ1) is 12.4. The molecule has 0 saturated heterocycles. The Kier molecular flexibility index (Phi) is 2.98. The molecule has 0 bridgehead atoms. The van der Waals surface area contributed by atoms with Crippen LogP contribution >= 0.6 is 0 Å². The van der Waals surface area contributed by atoms with Crippen molar-refractivity contribution < 1.29 is 9.47 Å². The zero-order valence-corrected chi connectivity index (χ0v) is 11.5. The molecule has 6 heteroatoms. The SMILES string of the molecule is COc1ccc(-n2c(C)nc3c(OC)ncnc32)cc1. The zero-order chi connectivity index (χ0) is 14.1. The zero-order valence-electron chi connectivity index (χ0n) is 11.5. The van der Waals surface area contributed by atoms with Crippen LogP contribution in [0.3, 0.4) is 0 Å². The number of fused-ring (bicyclic) bond motifs is 1. The normalized spacial score (nSPS) is 10.8. The highest BCUT2D eigenvalue weighted by Crippen LogP contribution is 2.25. The Bertz CT molecular complexity index is 750. The minimum absolute atomic E-state index is 0.477. The van der Waals surface area contributed by atoms with E-state index in [2.05, 4.69) is 15.0 Å². The third-order valence-electron chi connectivity index (χ3n) is 3.10. The number of nitrogens with zero attached hydrogens (tertiary/aromatic N) is 4. The van der Waals surface area contributed by atoms with Gasteiger partial charge in [-0.15, -0.1) is 0 Å². The summed E-state index contributed by atoms with van der Waals surface area (Å²) in [5.41, 5.74) is 2.34. The summed E-state index contributed by atoms with van der Waals surface area (Å²) in [5.74, 6) is 2.11. The number of ether oxygens (including phenoxy) is 2. The van der Waals surface area contributed by atoms with E-state index in [1.165, 1.54) is 6.33 Å². The molecule has 0 unspecified atom stereocenters. The Morgan fingerprint density at radius 1 is 1.00 bits per heavy atom. The molecule has 0 aliphatic heterocycles. The van der Waals surface area contributed by atoms with E-state index in [4.69, 9.17) is 9.47 Å². The number of imidazole rings is 1. The number of methoxy groups -OCH3 is 2. The first-order valence-electron chi connectivity index (χ1n) is 6.13. The lowest BCUT2D eigenvalue weighted by molar-refractivity contribution is 0.401. The Balaban J connectivity index is 2.22. The molecular formula is C14H14N4O2. The molecule has 0 amide bonds. The van der Waals surface area contributed by atoms with E-state index in [1.54, 1.807) is 14.2 Å². The Labute approximate surface area is 116 Å². The van der Waals surface area contributed by atoms with Crippen molar-refractivity contribution in [3.63, 3.8) is 0 Å². The van der Waals surface area contributed by atoms with Crippen LogP contribution in [-0.2, 0) is 0 Å². The van der Waals surface area contributed by atoms with E-state index in [9.17, 15) is 0 Å². The van der Waals surface area contributed by atoms with Gasteiger partial charge < -0.3 is 9.47 Å². The molecule has 0 atom stereocenters. The third kappa shape index (κ3) is 1.85. The van der Waals surface area contributed by atoms with Crippen LogP contribution in [0.5, 0.6) is 11.6 Å². The van der Waals surface area contributed by atoms with E-state index in [0.29, 0.717) is 11.4 Å². The summed E-state index contributed by atoms with van der Waals surface area (Å²) in [6.07, 6.45) is 1.47. The van der Waals surface area contributed by atoms with E-state index in [-0.39, 0.29) is 0 Å². The number of aromatic nitrogens is 4. The maximum Gasteiger partial charge on any atom is 0.245 e. The van der Waals surface area contributed by atoms with Crippen molar-refractivity contribution in [1.82, 2.24) is 19.5 Å². The van der Waals surface area contributed by atoms with Crippen molar-refractivity contribution in [1.29, 1.82) is 0 Å². The van der Waals surface area contributed by atoms with Gasteiger partial charge in [0.1, 0.15) is 17.9 Å². The monoisotopic (exact) mass is 270 g/mol. The molecule has 2 aromatic heterocycles. The highest BCUT2D eigenvalue weighted by molar-refractivity contribution is 5.78. The highest BCUT2D eigenvalue weighted by atomic mass is 16.5. The van der Waals surface area contributed by atoms with Crippen LogP contribution in [0.15, 0.2) is 30.6 Å². The Morgan fingerprint density at radius 2 is 1.75 bits per heavy atom. The minimum Gasteiger partial charge on any atom is -0.497 e. The number of hydrogen-bond acceptors (Lipinski definition) is 5. The van der Waals surface area contributed by atoms with Crippen LogP contribution in [0.2, 0.25) is 0 Å². The van der Waals surface area contributed by atoms with Gasteiger partial charge in [0.15, 0.2) is 11.2 Å². The molecule has 2 heterocycles. The first-order chi connectivity index (χ1) is 9.74. The van der Waals surface area contributed by atoms with Crippen molar-refractivity contribution in [3.05, 3.63) is 36.4 Å². The largest absolute Gasteiger partial charge is 0.497 e. The van der Waals surface area contributed by atoms with E-state index in [1.807, 2.05) is 35.8 Å². The predicted molar refractivity (Wildman–Crippen MR) is 74.5 cm³/mol. The lowest BCUT2D eigenvalue weighted by Gasteiger charge is -2.07. The first-order valence-corrected chi connectivity index (χ1v) is 6.13. The van der Waals surface area contributed by atoms with Crippen molar-refractivity contribution in [2.24, 2.45) is 0 Å². The molecule has 0 radical (unpaired) electrons. The van der Waals surface area contributed by atoms with Crippen molar-refractivity contribution >= 4 is 11.2 Å². The standard InChI is InChI=1S/C14H14N4O2/c1-9-17-12-13(15-8-16-14(12)20-3)18(9)10-4-6-11(19-2)7-5-10/h4-8H,1-3H3. The molecule has 6 nitrogen and oxygen atoms in total. The molecule has 1 aromatic carbocycles. The quantitative estimate of drug-likeness (QED) is 0.729. The van der Waals surface area contributed by atoms with Gasteiger partial charge in [-0.2, -0.15) is 4.98 Å². The fraction of sp³-hybridized carbons (Fsp3) is 0.214. The average Bonchev–Trinajstić information content (AvgIpc) is 2.83. The predicted octanol–water partition coefficient (Wildman–Crippen LogP) is 2.14. The molecule has 0 spiro atoms. The third-order valence-corrected chi connectivity index (χ3v) is 3.10. The van der Waals surface area contributed by atoms with Crippen LogP contribution in [0.25, 0.3) is 16.9 Å². The van der Waals surface area contributed by atoms with E-state index < -0.39 is 0 Å². The summed E-state index contributed by atoms with van der Waals surface area (Å²) in [7, 11) is 3.22. The van der Waals surface area contributed by atoms with Crippen molar-refractivity contribution in [2.45, 2.75) is 6.92 Å². The fourth-order valence-corrected chi connectivity index (χ4v) is 2.17. The molecule has 0 fully saturated rings. The summed E-state index contributed by atoms with van der Waals surface area (Å²) in [6.45, 7) is 1.92. The van der Waals surface area contributed by atoms with Gasteiger partial charge in [0, 0.05) is 5.69 Å². The van der Waals surface area contributed by atoms with Crippen molar-refractivity contribution in [2.75, 3.05) is 14.2 Å². The summed E-state index contributed by atoms with van der Waals surface area (Å²) in [4.78, 5) is 12.9. The fourth-order valence-electron chi connectivity index (χ4n) is 2.17. The molecule has 20 heavy (non-hydrogen) atoms. The molecule has 0 saturated carbocycles. The number of benzene rings is 1. The van der Waals surface area contributed by atoms with Crippen LogP contribution in [0.4, 0.5) is 0 Å². The van der Waals surface area contributed by atoms with Gasteiger partial charge in [-0.05, 0) is 31.2 Å². The number of hydrogen-bond donors (Lipinski definition) is 0. The lowest BCUT2D eigenvalue weighted by atomic mass is 10.3. The molecule has 3 aromatic rings. The maximum absolute atomic E-state index is 5.22. The number of rotatable bonds is 3. The smallest absolute Gasteiger partial charge is 0.245 e. The van der Waals surface area contributed by atoms with Gasteiger partial charge in [0.05, 0.1) is 14.2 Å². The van der Waals surface area contributed by atoms with E-state index in [0.717, 1.165) is 22.9 Å². The van der Waals surface area contributed by atoms with Crippen LogP contribution in [-0.4, -0.2) is 33.7 Å². The molecule has 0 N–H and O–H groups in total. The van der Waals surface area contributed by atoms with Crippen LogP contribution in [0.1, 0.15) is 5.82 Å². The van der Waals surface area contributed by atoms with Crippen LogP contribution < -0.4 is 9.47 Å². The second-order valence-corrected chi connectivity index (χ2v) is 4.25. The average molecular weight is 270 g/mol. The summed E-state index contributed by atoms with van der Waals surface area (Å²) in [5, 5.41) is 0. The second-order valence-electron chi connectivity index (χ2n) is 4.25. The lowest BCUT2D eigenvalue weighted by Crippen LogP contribution is -1.98. The minimum atomic E-state index is 0.477. The summed E-state index contributed by atoms with van der Waals surface area (Å²) in [6, 6.07) is 7.72.